The van der Waals surface area contributed by atoms with Crippen molar-refractivity contribution in [1.82, 2.24) is 25.2 Å². The van der Waals surface area contributed by atoms with Crippen molar-refractivity contribution in [2.45, 2.75) is 51.2 Å². The predicted molar refractivity (Wildman–Crippen MR) is 117 cm³/mol. The molecule has 34 heavy (non-hydrogen) atoms. The van der Waals surface area contributed by atoms with Gasteiger partial charge in [-0.15, -0.1) is 5.10 Å². The maximum atomic E-state index is 14.2. The number of carbonyl (C=O) groups excluding carboxylic acids is 3. The largest absolute Gasteiger partial charge is 0.490 e. The number of carbonyl (C=O) groups is 3. The summed E-state index contributed by atoms with van der Waals surface area (Å²) in [6.07, 6.45) is 4.31. The van der Waals surface area contributed by atoms with Gasteiger partial charge in [-0.25, -0.2) is 9.07 Å². The van der Waals surface area contributed by atoms with Crippen molar-refractivity contribution in [2.24, 2.45) is 5.92 Å². The summed E-state index contributed by atoms with van der Waals surface area (Å²) in [5.74, 6) is -1.26. The third-order valence-electron chi connectivity index (χ3n) is 6.23. The van der Waals surface area contributed by atoms with E-state index >= 15 is 0 Å². The highest BCUT2D eigenvalue weighted by atomic mass is 19.1. The Balaban J connectivity index is 1.43. The van der Waals surface area contributed by atoms with Crippen molar-refractivity contribution >= 4 is 17.7 Å². The van der Waals surface area contributed by atoms with Gasteiger partial charge in [0, 0.05) is 6.42 Å². The Morgan fingerprint density at radius 1 is 1.29 bits per heavy atom. The molecule has 1 atom stereocenters. The molecule has 1 saturated carbocycles. The molecule has 3 amide bonds. The lowest BCUT2D eigenvalue weighted by molar-refractivity contribution is -0.145. The molecule has 11 heteroatoms. The van der Waals surface area contributed by atoms with E-state index < -0.39 is 23.2 Å². The molecule has 2 fully saturated rings. The lowest BCUT2D eigenvalue weighted by Crippen LogP contribution is -2.53. The average Bonchev–Trinajstić information content (AvgIpc) is 3.54. The third kappa shape index (κ3) is 5.58. The van der Waals surface area contributed by atoms with Crippen molar-refractivity contribution < 1.29 is 28.6 Å². The molecule has 4 rings (SSSR count). The van der Waals surface area contributed by atoms with Crippen LogP contribution in [-0.4, -0.2) is 62.4 Å². The number of aryl methyl sites for hydroxylation is 1. The zero-order chi connectivity index (χ0) is 24.3. The second-order valence-corrected chi connectivity index (χ2v) is 8.89. The van der Waals surface area contributed by atoms with Gasteiger partial charge in [-0.2, -0.15) is 0 Å². The first-order valence-corrected chi connectivity index (χ1v) is 11.4. The molecule has 2 heterocycles. The predicted octanol–water partition coefficient (Wildman–Crippen LogP) is 0.921. The van der Waals surface area contributed by atoms with Crippen LogP contribution in [0.3, 0.4) is 0 Å². The summed E-state index contributed by atoms with van der Waals surface area (Å²) in [5, 5.41) is 21.5. The lowest BCUT2D eigenvalue weighted by Gasteiger charge is -2.28. The van der Waals surface area contributed by atoms with Crippen LogP contribution in [0.2, 0.25) is 0 Å². The van der Waals surface area contributed by atoms with E-state index in [1.54, 1.807) is 0 Å². The molecule has 1 saturated heterocycles. The Hall–Kier alpha value is -3.34. The molecule has 2 N–H and O–H groups in total. The summed E-state index contributed by atoms with van der Waals surface area (Å²) >= 11 is 0. The SMILES string of the molecule is CCC(O)(Cn1nncc1CCC(=O)N1CC(=O)NC(=O)C1)c1ccc(F)c(OCC2CC2)c1. The van der Waals surface area contributed by atoms with Gasteiger partial charge in [0.15, 0.2) is 11.6 Å². The normalized spacial score (nSPS) is 17.9. The molecule has 0 bridgehead atoms. The Kier molecular flexibility index (Phi) is 6.92. The van der Waals surface area contributed by atoms with E-state index in [1.807, 2.05) is 6.92 Å². The number of hydrogen-bond donors (Lipinski definition) is 2. The van der Waals surface area contributed by atoms with Gasteiger partial charge in [0.2, 0.25) is 17.7 Å². The first-order chi connectivity index (χ1) is 16.3. The van der Waals surface area contributed by atoms with Crippen LogP contribution in [0.1, 0.15) is 43.9 Å². The molecule has 1 aromatic heterocycles. The van der Waals surface area contributed by atoms with Crippen LogP contribution >= 0.6 is 0 Å². The first kappa shape index (κ1) is 23.8. The van der Waals surface area contributed by atoms with Crippen LogP contribution in [0.25, 0.3) is 0 Å². The van der Waals surface area contributed by atoms with E-state index in [0.717, 1.165) is 12.8 Å². The molecule has 0 spiro atoms. The number of halogens is 1. The molecule has 0 radical (unpaired) electrons. The second-order valence-electron chi connectivity index (χ2n) is 8.89. The molecule has 2 aromatic rings. The molecule has 1 unspecified atom stereocenters. The molecular formula is C23H28FN5O5. The van der Waals surface area contributed by atoms with Crippen molar-refractivity contribution in [3.8, 4) is 5.75 Å². The second kappa shape index (κ2) is 9.88. The van der Waals surface area contributed by atoms with Gasteiger partial charge in [0.1, 0.15) is 18.7 Å². The zero-order valence-electron chi connectivity index (χ0n) is 19.0. The van der Waals surface area contributed by atoms with Gasteiger partial charge in [-0.05, 0) is 49.3 Å². The minimum absolute atomic E-state index is 0.0470. The van der Waals surface area contributed by atoms with Crippen molar-refractivity contribution in [3.05, 3.63) is 41.5 Å². The minimum atomic E-state index is -1.37. The number of nitrogens with one attached hydrogen (secondary N) is 1. The highest BCUT2D eigenvalue weighted by Crippen LogP contribution is 2.33. The molecule has 10 nitrogen and oxygen atoms in total. The number of piperazine rings is 1. The van der Waals surface area contributed by atoms with Crippen LogP contribution in [0.4, 0.5) is 4.39 Å². The number of nitrogens with zero attached hydrogens (tertiary/aromatic N) is 4. The highest BCUT2D eigenvalue weighted by Gasteiger charge is 2.31. The first-order valence-electron chi connectivity index (χ1n) is 11.4. The number of hydrogen-bond acceptors (Lipinski definition) is 7. The van der Waals surface area contributed by atoms with Gasteiger partial charge in [0.05, 0.1) is 25.0 Å². The van der Waals surface area contributed by atoms with E-state index in [-0.39, 0.29) is 44.1 Å². The Morgan fingerprint density at radius 2 is 2.03 bits per heavy atom. The quantitative estimate of drug-likeness (QED) is 0.492. The molecule has 182 valence electrons. The van der Waals surface area contributed by atoms with E-state index in [2.05, 4.69) is 15.6 Å². The highest BCUT2D eigenvalue weighted by molar-refractivity contribution is 6.02. The summed E-state index contributed by atoms with van der Waals surface area (Å²) in [6.45, 7) is 2.00. The van der Waals surface area contributed by atoms with Crippen molar-refractivity contribution in [3.63, 3.8) is 0 Å². The molecular weight excluding hydrogens is 445 g/mol. The van der Waals surface area contributed by atoms with Gasteiger partial charge in [-0.1, -0.05) is 18.2 Å². The van der Waals surface area contributed by atoms with Crippen LogP contribution in [-0.2, 0) is 33.0 Å². The standard InChI is InChI=1S/C23H28FN5O5/c1-2-23(33,16-5-7-18(24)19(9-16)34-13-15-3-4-15)14-29-17(10-25-27-29)6-8-22(32)28-11-20(30)26-21(31)12-28/h5,7,9-10,15,33H,2-4,6,8,11-14H2,1H3,(H,26,30,31). The summed E-state index contributed by atoms with van der Waals surface area (Å²) < 4.78 is 21.4. The van der Waals surface area contributed by atoms with E-state index in [1.165, 1.54) is 34.0 Å². The maximum absolute atomic E-state index is 14.2. The van der Waals surface area contributed by atoms with Gasteiger partial charge in [-0.3, -0.25) is 19.7 Å². The van der Waals surface area contributed by atoms with Crippen LogP contribution in [0, 0.1) is 11.7 Å². The van der Waals surface area contributed by atoms with Gasteiger partial charge >= 0.3 is 0 Å². The van der Waals surface area contributed by atoms with Gasteiger partial charge < -0.3 is 14.7 Å². The molecule has 1 aliphatic carbocycles. The lowest BCUT2D eigenvalue weighted by atomic mass is 9.90. The monoisotopic (exact) mass is 473 g/mol. The Labute approximate surface area is 196 Å². The average molecular weight is 474 g/mol. The number of rotatable bonds is 10. The number of aromatic nitrogens is 3. The zero-order valence-corrected chi connectivity index (χ0v) is 19.0. The van der Waals surface area contributed by atoms with E-state index in [0.29, 0.717) is 30.2 Å². The number of amides is 3. The number of imide groups is 1. The number of benzene rings is 1. The fourth-order valence-electron chi connectivity index (χ4n) is 3.86. The number of aliphatic hydroxyl groups is 1. The van der Waals surface area contributed by atoms with Crippen LogP contribution in [0.15, 0.2) is 24.4 Å². The maximum Gasteiger partial charge on any atom is 0.246 e. The minimum Gasteiger partial charge on any atom is -0.490 e. The summed E-state index contributed by atoms with van der Waals surface area (Å²) in [5.41, 5.74) is -0.257. The van der Waals surface area contributed by atoms with Crippen molar-refractivity contribution in [1.29, 1.82) is 0 Å². The summed E-state index contributed by atoms with van der Waals surface area (Å²) in [6, 6.07) is 4.34. The molecule has 1 aromatic carbocycles. The van der Waals surface area contributed by atoms with Crippen molar-refractivity contribution in [2.75, 3.05) is 19.7 Å². The smallest absolute Gasteiger partial charge is 0.246 e. The van der Waals surface area contributed by atoms with Gasteiger partial charge in [0.25, 0.3) is 0 Å². The van der Waals surface area contributed by atoms with Crippen LogP contribution < -0.4 is 10.1 Å². The van der Waals surface area contributed by atoms with E-state index in [4.69, 9.17) is 4.74 Å². The number of ether oxygens (including phenoxy) is 1. The summed E-state index contributed by atoms with van der Waals surface area (Å²) in [4.78, 5) is 36.7. The molecule has 1 aliphatic heterocycles. The summed E-state index contributed by atoms with van der Waals surface area (Å²) in [7, 11) is 0. The third-order valence-corrected chi connectivity index (χ3v) is 6.23. The molecule has 2 aliphatic rings. The van der Waals surface area contributed by atoms with Crippen LogP contribution in [0.5, 0.6) is 5.75 Å². The topological polar surface area (TPSA) is 127 Å². The fourth-order valence-corrected chi connectivity index (χ4v) is 3.86. The Bertz CT molecular complexity index is 1070. The Morgan fingerprint density at radius 3 is 2.71 bits per heavy atom. The van der Waals surface area contributed by atoms with E-state index in [9.17, 15) is 23.9 Å². The fraction of sp³-hybridized carbons (Fsp3) is 0.522.